The number of aliphatic hydroxyl groups excluding tert-OH is 2. The smallest absolute Gasteiger partial charge is 0.251 e. The van der Waals surface area contributed by atoms with E-state index in [0.717, 1.165) is 11.1 Å². The number of carbonyl (C=O) groups is 1. The Kier molecular flexibility index (Phi) is 7.62. The molecule has 0 aromatic heterocycles. The molecule has 3 aromatic rings. The van der Waals surface area contributed by atoms with Gasteiger partial charge in [0.15, 0.2) is 19.2 Å². The first-order chi connectivity index (χ1) is 16.1. The van der Waals surface area contributed by atoms with Crippen LogP contribution in [0.15, 0.2) is 91.0 Å². The van der Waals surface area contributed by atoms with Gasteiger partial charge in [-0.25, -0.2) is 4.58 Å². The van der Waals surface area contributed by atoms with Gasteiger partial charge in [-0.2, -0.15) is 0 Å². The molecule has 0 unspecified atom stereocenters. The van der Waals surface area contributed by atoms with Crippen LogP contribution in [0.2, 0.25) is 0 Å². The molecular formula is C27H29N2O4+. The van der Waals surface area contributed by atoms with Crippen LogP contribution < -0.4 is 5.32 Å². The Morgan fingerprint density at radius 1 is 0.879 bits per heavy atom. The lowest BCUT2D eigenvalue weighted by molar-refractivity contribution is -0.564. The summed E-state index contributed by atoms with van der Waals surface area (Å²) in [5.74, 6) is -0.220. The van der Waals surface area contributed by atoms with E-state index < -0.39 is 18.3 Å². The summed E-state index contributed by atoms with van der Waals surface area (Å²) in [6.07, 6.45) is -2.72. The summed E-state index contributed by atoms with van der Waals surface area (Å²) in [4.78, 5) is 12.6. The average molecular weight is 446 g/mol. The Morgan fingerprint density at radius 3 is 2.09 bits per heavy atom. The van der Waals surface area contributed by atoms with Crippen molar-refractivity contribution in [3.05, 3.63) is 108 Å². The number of benzene rings is 3. The molecule has 0 saturated carbocycles. The molecule has 1 aliphatic rings. The fraction of sp³-hybridized carbons (Fsp3) is 0.259. The number of nitrogens with one attached hydrogen (secondary N) is 1. The molecule has 0 aliphatic carbocycles. The van der Waals surface area contributed by atoms with Gasteiger partial charge in [-0.15, -0.1) is 0 Å². The van der Waals surface area contributed by atoms with Crippen LogP contribution >= 0.6 is 0 Å². The molecule has 3 aromatic carbocycles. The standard InChI is InChI=1S/C27H28N2O4/c30-24-18-29(17-20-10-4-1-5-11-20)23(16-28-27(32)22-14-8-3-9-15-22)25(31)26(24)33-19-21-12-6-2-7-13-21/h1-15,24-26,30-31H,16-19H2/p+1/t24-,25+,26+/m0/s1. The van der Waals surface area contributed by atoms with Gasteiger partial charge in [0.25, 0.3) is 5.91 Å². The predicted molar refractivity (Wildman–Crippen MR) is 126 cm³/mol. The Morgan fingerprint density at radius 2 is 1.45 bits per heavy atom. The van der Waals surface area contributed by atoms with Crippen LogP contribution in [0.3, 0.4) is 0 Å². The molecule has 33 heavy (non-hydrogen) atoms. The maximum absolute atomic E-state index is 12.6. The number of β-amino-alcohol motifs (C(OH)–C–C–N with tert-alkyl or cyclic N) is 1. The van der Waals surface area contributed by atoms with Crippen LogP contribution in [0.4, 0.5) is 0 Å². The van der Waals surface area contributed by atoms with Crippen LogP contribution in [0, 0.1) is 0 Å². The average Bonchev–Trinajstić information content (AvgIpc) is 2.85. The third-order valence-corrected chi connectivity index (χ3v) is 5.81. The van der Waals surface area contributed by atoms with Gasteiger partial charge in [-0.1, -0.05) is 78.9 Å². The molecule has 6 heteroatoms. The fourth-order valence-electron chi connectivity index (χ4n) is 4.05. The minimum Gasteiger partial charge on any atom is -0.384 e. The zero-order chi connectivity index (χ0) is 23.0. The van der Waals surface area contributed by atoms with Crippen molar-refractivity contribution in [1.29, 1.82) is 0 Å². The first-order valence-corrected chi connectivity index (χ1v) is 11.1. The predicted octanol–water partition coefficient (Wildman–Crippen LogP) is 2.39. The number of amides is 1. The molecule has 0 saturated heterocycles. The maximum Gasteiger partial charge on any atom is 0.251 e. The zero-order valence-electron chi connectivity index (χ0n) is 18.4. The van der Waals surface area contributed by atoms with E-state index in [4.69, 9.17) is 4.74 Å². The van der Waals surface area contributed by atoms with E-state index in [0.29, 0.717) is 24.4 Å². The number of nitrogens with zero attached hydrogens (tertiary/aromatic N) is 1. The highest BCUT2D eigenvalue weighted by Gasteiger charge is 2.43. The highest BCUT2D eigenvalue weighted by atomic mass is 16.5. The molecule has 1 heterocycles. The third-order valence-electron chi connectivity index (χ3n) is 5.81. The van der Waals surface area contributed by atoms with Crippen LogP contribution in [0.5, 0.6) is 0 Å². The highest BCUT2D eigenvalue weighted by molar-refractivity contribution is 5.97. The highest BCUT2D eigenvalue weighted by Crippen LogP contribution is 2.18. The van der Waals surface area contributed by atoms with E-state index in [2.05, 4.69) is 5.32 Å². The summed E-state index contributed by atoms with van der Waals surface area (Å²) in [7, 11) is 0. The van der Waals surface area contributed by atoms with Crippen molar-refractivity contribution in [2.75, 3.05) is 13.1 Å². The quantitative estimate of drug-likeness (QED) is 0.465. The number of aliphatic hydroxyl groups is 2. The summed E-state index contributed by atoms with van der Waals surface area (Å²) in [6, 6.07) is 28.5. The normalized spacial score (nSPS) is 20.5. The van der Waals surface area contributed by atoms with E-state index in [9.17, 15) is 15.0 Å². The summed E-state index contributed by atoms with van der Waals surface area (Å²) in [5, 5.41) is 24.9. The maximum atomic E-state index is 12.6. The topological polar surface area (TPSA) is 81.8 Å². The van der Waals surface area contributed by atoms with Crippen molar-refractivity contribution in [3.63, 3.8) is 0 Å². The molecule has 0 spiro atoms. The van der Waals surface area contributed by atoms with E-state index in [-0.39, 0.29) is 19.1 Å². The lowest BCUT2D eigenvalue weighted by Crippen LogP contribution is -2.57. The SMILES string of the molecule is O=C(NCC1=[N+](Cc2ccccc2)C[C@H](O)[C@@H](OCc2ccccc2)[C@@H]1O)c1ccccc1. The number of hydrogen-bond acceptors (Lipinski definition) is 4. The molecule has 6 nitrogen and oxygen atoms in total. The summed E-state index contributed by atoms with van der Waals surface area (Å²) in [5.41, 5.74) is 3.18. The van der Waals surface area contributed by atoms with Crippen molar-refractivity contribution < 1.29 is 24.3 Å². The molecule has 1 aliphatic heterocycles. The van der Waals surface area contributed by atoms with Gasteiger partial charge in [0.1, 0.15) is 18.8 Å². The molecule has 0 radical (unpaired) electrons. The summed E-state index contributed by atoms with van der Waals surface area (Å²) >= 11 is 0. The second kappa shape index (κ2) is 11.0. The first kappa shape index (κ1) is 22.9. The number of carbonyl (C=O) groups excluding carboxylic acids is 1. The molecule has 0 bridgehead atoms. The van der Waals surface area contributed by atoms with Gasteiger partial charge in [0.05, 0.1) is 6.61 Å². The summed E-state index contributed by atoms with van der Waals surface area (Å²) < 4.78 is 7.88. The second-order valence-corrected chi connectivity index (χ2v) is 8.18. The lowest BCUT2D eigenvalue weighted by atomic mass is 9.97. The Labute approximate surface area is 193 Å². The van der Waals surface area contributed by atoms with Crippen LogP contribution in [-0.4, -0.2) is 57.8 Å². The number of hydrogen-bond donors (Lipinski definition) is 3. The Hall–Kier alpha value is -3.32. The van der Waals surface area contributed by atoms with Crippen molar-refractivity contribution in [3.8, 4) is 0 Å². The molecule has 3 atom stereocenters. The molecule has 0 fully saturated rings. The van der Waals surface area contributed by atoms with Gasteiger partial charge in [-0.3, -0.25) is 4.79 Å². The van der Waals surface area contributed by atoms with E-state index in [1.807, 2.05) is 83.4 Å². The molecule has 3 N–H and O–H groups in total. The zero-order valence-corrected chi connectivity index (χ0v) is 18.4. The molecular weight excluding hydrogens is 416 g/mol. The van der Waals surface area contributed by atoms with Crippen molar-refractivity contribution >= 4 is 11.6 Å². The van der Waals surface area contributed by atoms with E-state index in [1.165, 1.54) is 0 Å². The Bertz CT molecular complexity index is 1070. The molecule has 1 amide bonds. The Balaban J connectivity index is 1.54. The van der Waals surface area contributed by atoms with Gasteiger partial charge < -0.3 is 20.3 Å². The van der Waals surface area contributed by atoms with Gasteiger partial charge >= 0.3 is 0 Å². The van der Waals surface area contributed by atoms with Crippen molar-refractivity contribution in [2.24, 2.45) is 0 Å². The van der Waals surface area contributed by atoms with Gasteiger partial charge in [0.2, 0.25) is 5.71 Å². The largest absolute Gasteiger partial charge is 0.384 e. The van der Waals surface area contributed by atoms with Crippen molar-refractivity contribution in [1.82, 2.24) is 5.32 Å². The van der Waals surface area contributed by atoms with Crippen molar-refractivity contribution in [2.45, 2.75) is 31.5 Å². The minimum atomic E-state index is -1.06. The first-order valence-electron chi connectivity index (χ1n) is 11.1. The third kappa shape index (κ3) is 5.93. The molecule has 4 rings (SSSR count). The van der Waals surface area contributed by atoms with E-state index >= 15 is 0 Å². The van der Waals surface area contributed by atoms with Gasteiger partial charge in [-0.05, 0) is 17.7 Å². The fourth-order valence-corrected chi connectivity index (χ4v) is 4.05. The van der Waals surface area contributed by atoms with Crippen LogP contribution in [0.25, 0.3) is 0 Å². The van der Waals surface area contributed by atoms with Crippen LogP contribution in [-0.2, 0) is 17.9 Å². The lowest BCUT2D eigenvalue weighted by Gasteiger charge is -2.32. The minimum absolute atomic E-state index is 0.152. The summed E-state index contributed by atoms with van der Waals surface area (Å²) in [6.45, 7) is 1.24. The molecule has 170 valence electrons. The van der Waals surface area contributed by atoms with E-state index in [1.54, 1.807) is 12.1 Å². The number of rotatable bonds is 8. The van der Waals surface area contributed by atoms with Crippen LogP contribution in [0.1, 0.15) is 21.5 Å². The monoisotopic (exact) mass is 445 g/mol. The van der Waals surface area contributed by atoms with Gasteiger partial charge in [0, 0.05) is 11.1 Å². The number of ether oxygens (including phenoxy) is 1. The second-order valence-electron chi connectivity index (χ2n) is 8.18.